The molecule has 0 saturated heterocycles. The zero-order valence-corrected chi connectivity index (χ0v) is 13.5. The lowest BCUT2D eigenvalue weighted by atomic mass is 10.2. The normalized spacial score (nSPS) is 10.3. The highest BCUT2D eigenvalue weighted by Crippen LogP contribution is 2.14. The van der Waals surface area contributed by atoms with Crippen LogP contribution in [-0.4, -0.2) is 19.0 Å². The van der Waals surface area contributed by atoms with Crippen LogP contribution >= 0.6 is 0 Å². The molecule has 0 heterocycles. The largest absolute Gasteiger partial charge is 0.494 e. The zero-order valence-electron chi connectivity index (χ0n) is 13.5. The highest BCUT2D eigenvalue weighted by molar-refractivity contribution is 5.94. The van der Waals surface area contributed by atoms with Gasteiger partial charge >= 0.3 is 0 Å². The number of ether oxygens (including phenoxy) is 2. The van der Waals surface area contributed by atoms with Crippen molar-refractivity contribution >= 4 is 5.84 Å². The fourth-order valence-electron chi connectivity index (χ4n) is 2.13. The van der Waals surface area contributed by atoms with Gasteiger partial charge in [-0.3, -0.25) is 5.41 Å². The molecule has 0 atom stereocenters. The highest BCUT2D eigenvalue weighted by atomic mass is 16.5. The van der Waals surface area contributed by atoms with Crippen LogP contribution in [0, 0.1) is 12.3 Å². The van der Waals surface area contributed by atoms with Crippen molar-refractivity contribution in [3.05, 3.63) is 59.7 Å². The molecule has 23 heavy (non-hydrogen) atoms. The van der Waals surface area contributed by atoms with Crippen LogP contribution in [0.1, 0.15) is 30.4 Å². The maximum Gasteiger partial charge on any atom is 0.122 e. The fraction of sp³-hybridized carbons (Fsp3) is 0.316. The first-order chi connectivity index (χ1) is 11.1. The summed E-state index contributed by atoms with van der Waals surface area (Å²) in [6.45, 7) is 3.48. The lowest BCUT2D eigenvalue weighted by molar-refractivity contribution is 0.279. The lowest BCUT2D eigenvalue weighted by Crippen LogP contribution is -2.10. The number of rotatable bonds is 9. The van der Waals surface area contributed by atoms with E-state index in [2.05, 4.69) is 19.1 Å². The van der Waals surface area contributed by atoms with Gasteiger partial charge in [0.05, 0.1) is 13.2 Å². The summed E-state index contributed by atoms with van der Waals surface area (Å²) in [6, 6.07) is 15.4. The van der Waals surface area contributed by atoms with Crippen molar-refractivity contribution in [2.75, 3.05) is 13.2 Å². The topological polar surface area (TPSA) is 68.3 Å². The van der Waals surface area contributed by atoms with E-state index in [9.17, 15) is 0 Å². The Hall–Kier alpha value is -2.49. The van der Waals surface area contributed by atoms with Gasteiger partial charge in [-0.15, -0.1) is 0 Å². The van der Waals surface area contributed by atoms with E-state index in [4.69, 9.17) is 20.6 Å². The van der Waals surface area contributed by atoms with Crippen LogP contribution in [-0.2, 0) is 0 Å². The first kappa shape index (κ1) is 16.9. The summed E-state index contributed by atoms with van der Waals surface area (Å²) in [7, 11) is 0. The Balaban J connectivity index is 1.55. The Kier molecular flexibility index (Phi) is 6.48. The van der Waals surface area contributed by atoms with Crippen molar-refractivity contribution < 1.29 is 9.47 Å². The van der Waals surface area contributed by atoms with Gasteiger partial charge in [0.2, 0.25) is 0 Å². The average Bonchev–Trinajstić information content (AvgIpc) is 2.56. The van der Waals surface area contributed by atoms with Gasteiger partial charge in [-0.2, -0.15) is 0 Å². The third kappa shape index (κ3) is 6.02. The first-order valence-electron chi connectivity index (χ1n) is 7.92. The maximum atomic E-state index is 7.34. The molecule has 0 fully saturated rings. The Labute approximate surface area is 137 Å². The summed E-state index contributed by atoms with van der Waals surface area (Å²) >= 11 is 0. The number of hydrogen-bond donors (Lipinski definition) is 2. The summed E-state index contributed by atoms with van der Waals surface area (Å²) in [5.41, 5.74) is 7.37. The van der Waals surface area contributed by atoms with Crippen LogP contribution in [0.15, 0.2) is 48.5 Å². The zero-order chi connectivity index (χ0) is 16.5. The molecule has 0 radical (unpaired) electrons. The van der Waals surface area contributed by atoms with Crippen LogP contribution in [0.5, 0.6) is 11.5 Å². The summed E-state index contributed by atoms with van der Waals surface area (Å²) in [5, 5.41) is 7.34. The third-order valence-electron chi connectivity index (χ3n) is 3.51. The van der Waals surface area contributed by atoms with Gasteiger partial charge in [-0.25, -0.2) is 0 Å². The van der Waals surface area contributed by atoms with Crippen LogP contribution in [0.25, 0.3) is 0 Å². The molecule has 4 nitrogen and oxygen atoms in total. The van der Waals surface area contributed by atoms with Crippen molar-refractivity contribution in [1.29, 1.82) is 5.41 Å². The van der Waals surface area contributed by atoms with Gasteiger partial charge < -0.3 is 15.2 Å². The predicted molar refractivity (Wildman–Crippen MR) is 93.5 cm³/mol. The standard InChI is InChI=1S/C19H24N2O2/c1-15-5-9-17(10-6-15)22-13-3-2-4-14-23-18-11-7-16(8-12-18)19(20)21/h5-12H,2-4,13-14H2,1H3,(H3,20,21). The maximum absolute atomic E-state index is 7.34. The number of unbranched alkanes of at least 4 members (excludes halogenated alkanes) is 2. The smallest absolute Gasteiger partial charge is 0.122 e. The Morgan fingerprint density at radius 3 is 1.78 bits per heavy atom. The lowest BCUT2D eigenvalue weighted by Gasteiger charge is -2.08. The number of nitrogens with two attached hydrogens (primary N) is 1. The number of amidine groups is 1. The number of nitrogens with one attached hydrogen (secondary N) is 1. The van der Waals surface area contributed by atoms with Crippen molar-refractivity contribution in [1.82, 2.24) is 0 Å². The van der Waals surface area contributed by atoms with E-state index in [1.807, 2.05) is 24.3 Å². The van der Waals surface area contributed by atoms with Crippen molar-refractivity contribution in [2.45, 2.75) is 26.2 Å². The molecule has 0 bridgehead atoms. The van der Waals surface area contributed by atoms with E-state index < -0.39 is 0 Å². The second-order valence-electron chi connectivity index (χ2n) is 5.51. The van der Waals surface area contributed by atoms with E-state index in [1.54, 1.807) is 12.1 Å². The second-order valence-corrected chi connectivity index (χ2v) is 5.51. The van der Waals surface area contributed by atoms with Crippen molar-refractivity contribution in [3.63, 3.8) is 0 Å². The number of hydrogen-bond acceptors (Lipinski definition) is 3. The number of nitrogen functional groups attached to an aromatic ring is 1. The van der Waals surface area contributed by atoms with Crippen LogP contribution in [0.2, 0.25) is 0 Å². The summed E-state index contributed by atoms with van der Waals surface area (Å²) < 4.78 is 11.4. The van der Waals surface area contributed by atoms with Gasteiger partial charge in [0.25, 0.3) is 0 Å². The third-order valence-corrected chi connectivity index (χ3v) is 3.51. The van der Waals surface area contributed by atoms with Crippen LogP contribution in [0.3, 0.4) is 0 Å². The molecule has 0 aromatic heterocycles. The molecule has 0 saturated carbocycles. The van der Waals surface area contributed by atoms with Gasteiger partial charge in [0.1, 0.15) is 17.3 Å². The fourth-order valence-corrected chi connectivity index (χ4v) is 2.13. The minimum Gasteiger partial charge on any atom is -0.494 e. The molecule has 2 aromatic carbocycles. The first-order valence-corrected chi connectivity index (χ1v) is 7.92. The number of benzene rings is 2. The molecule has 4 heteroatoms. The van der Waals surface area contributed by atoms with Crippen molar-refractivity contribution in [2.24, 2.45) is 5.73 Å². The Morgan fingerprint density at radius 2 is 1.30 bits per heavy atom. The quantitative estimate of drug-likeness (QED) is 0.419. The molecule has 0 unspecified atom stereocenters. The molecule has 0 amide bonds. The predicted octanol–water partition coefficient (Wildman–Crippen LogP) is 3.91. The molecule has 0 aliphatic rings. The summed E-state index contributed by atoms with van der Waals surface area (Å²) in [4.78, 5) is 0. The molecule has 0 aliphatic heterocycles. The Bertz CT molecular complexity index is 606. The summed E-state index contributed by atoms with van der Waals surface area (Å²) in [5.74, 6) is 1.81. The average molecular weight is 312 g/mol. The molecule has 0 spiro atoms. The van der Waals surface area contributed by atoms with Crippen LogP contribution in [0.4, 0.5) is 0 Å². The van der Waals surface area contributed by atoms with Gasteiger partial charge in [-0.05, 0) is 62.6 Å². The molecular weight excluding hydrogens is 288 g/mol. The minimum atomic E-state index is 0.0742. The van der Waals surface area contributed by atoms with E-state index >= 15 is 0 Å². The SMILES string of the molecule is Cc1ccc(OCCCCCOc2ccc(C(=N)N)cc2)cc1. The van der Waals surface area contributed by atoms with Gasteiger partial charge in [0.15, 0.2) is 0 Å². The highest BCUT2D eigenvalue weighted by Gasteiger charge is 1.98. The van der Waals surface area contributed by atoms with E-state index in [-0.39, 0.29) is 5.84 Å². The molecule has 2 aromatic rings. The Morgan fingerprint density at radius 1 is 0.826 bits per heavy atom. The van der Waals surface area contributed by atoms with E-state index in [0.29, 0.717) is 12.2 Å². The van der Waals surface area contributed by atoms with E-state index in [0.717, 1.165) is 37.4 Å². The minimum absolute atomic E-state index is 0.0742. The molecule has 122 valence electrons. The molecule has 3 N–H and O–H groups in total. The summed E-state index contributed by atoms with van der Waals surface area (Å²) in [6.07, 6.45) is 3.07. The molecule has 2 rings (SSSR count). The van der Waals surface area contributed by atoms with Crippen LogP contribution < -0.4 is 15.2 Å². The van der Waals surface area contributed by atoms with Gasteiger partial charge in [-0.1, -0.05) is 17.7 Å². The monoisotopic (exact) mass is 312 g/mol. The second kappa shape index (κ2) is 8.83. The van der Waals surface area contributed by atoms with Crippen molar-refractivity contribution in [3.8, 4) is 11.5 Å². The van der Waals surface area contributed by atoms with Gasteiger partial charge in [0, 0.05) is 5.56 Å². The van der Waals surface area contributed by atoms with E-state index in [1.165, 1.54) is 5.56 Å². The molecular formula is C19H24N2O2. The number of aryl methyl sites for hydroxylation is 1. The molecule has 0 aliphatic carbocycles.